The molecule has 8 heteroatoms. The normalized spacial score (nSPS) is 20.3. The topological polar surface area (TPSA) is 91.5 Å². The molecule has 0 aliphatic carbocycles. The SMILES string of the molecule is C[C@H]1CN(S(=O)(=O)c2ccc(NC(=O)Cc3c[nH]c4ccccc34)cc2)C[C@H](C)O1. The molecule has 2 heterocycles. The van der Waals surface area contributed by atoms with Crippen molar-refractivity contribution in [2.24, 2.45) is 0 Å². The summed E-state index contributed by atoms with van der Waals surface area (Å²) in [5.41, 5.74) is 2.46. The van der Waals surface area contributed by atoms with E-state index in [9.17, 15) is 13.2 Å². The van der Waals surface area contributed by atoms with Gasteiger partial charge < -0.3 is 15.0 Å². The van der Waals surface area contributed by atoms with Gasteiger partial charge in [0.15, 0.2) is 0 Å². The lowest BCUT2D eigenvalue weighted by atomic mass is 10.1. The van der Waals surface area contributed by atoms with Crippen LogP contribution in [0.3, 0.4) is 0 Å². The molecule has 7 nitrogen and oxygen atoms in total. The number of sulfonamides is 1. The number of rotatable bonds is 5. The highest BCUT2D eigenvalue weighted by Gasteiger charge is 2.32. The third-order valence-corrected chi connectivity index (χ3v) is 7.03. The second kappa shape index (κ2) is 8.22. The number of nitrogens with one attached hydrogen (secondary N) is 2. The molecule has 0 spiro atoms. The number of morpholine rings is 1. The summed E-state index contributed by atoms with van der Waals surface area (Å²) in [6.45, 7) is 4.39. The molecule has 0 radical (unpaired) electrons. The fourth-order valence-corrected chi connectivity index (χ4v) is 5.43. The van der Waals surface area contributed by atoms with E-state index in [0.29, 0.717) is 18.8 Å². The zero-order valence-electron chi connectivity index (χ0n) is 17.0. The van der Waals surface area contributed by atoms with E-state index in [0.717, 1.165) is 16.5 Å². The van der Waals surface area contributed by atoms with Gasteiger partial charge in [-0.05, 0) is 49.7 Å². The maximum Gasteiger partial charge on any atom is 0.243 e. The van der Waals surface area contributed by atoms with Gasteiger partial charge in [-0.2, -0.15) is 4.31 Å². The van der Waals surface area contributed by atoms with E-state index < -0.39 is 10.0 Å². The Morgan fingerprint density at radius 3 is 2.47 bits per heavy atom. The highest BCUT2D eigenvalue weighted by atomic mass is 32.2. The fourth-order valence-electron chi connectivity index (χ4n) is 3.84. The van der Waals surface area contributed by atoms with Crippen molar-refractivity contribution in [2.75, 3.05) is 18.4 Å². The van der Waals surface area contributed by atoms with Crippen LogP contribution in [0.4, 0.5) is 5.69 Å². The zero-order valence-corrected chi connectivity index (χ0v) is 17.8. The van der Waals surface area contributed by atoms with Crippen molar-refractivity contribution in [1.82, 2.24) is 9.29 Å². The quantitative estimate of drug-likeness (QED) is 0.654. The van der Waals surface area contributed by atoms with E-state index >= 15 is 0 Å². The monoisotopic (exact) mass is 427 g/mol. The highest BCUT2D eigenvalue weighted by molar-refractivity contribution is 7.89. The molecule has 0 saturated carbocycles. The number of fused-ring (bicyclic) bond motifs is 1. The maximum atomic E-state index is 12.9. The molecule has 2 N–H and O–H groups in total. The third-order valence-electron chi connectivity index (χ3n) is 5.19. The Morgan fingerprint density at radius 2 is 1.77 bits per heavy atom. The minimum absolute atomic E-state index is 0.147. The van der Waals surface area contributed by atoms with E-state index in [-0.39, 0.29) is 29.4 Å². The summed E-state index contributed by atoms with van der Waals surface area (Å²) in [5, 5.41) is 3.85. The summed E-state index contributed by atoms with van der Waals surface area (Å²) in [6.07, 6.45) is 1.77. The Labute approximate surface area is 176 Å². The molecule has 0 unspecified atom stereocenters. The van der Waals surface area contributed by atoms with Crippen LogP contribution in [0.1, 0.15) is 19.4 Å². The smallest absolute Gasteiger partial charge is 0.243 e. The number of ether oxygens (including phenoxy) is 1. The first kappa shape index (κ1) is 20.6. The summed E-state index contributed by atoms with van der Waals surface area (Å²) in [7, 11) is -3.60. The van der Waals surface area contributed by atoms with Crippen LogP contribution < -0.4 is 5.32 Å². The number of hydrogen-bond acceptors (Lipinski definition) is 4. The van der Waals surface area contributed by atoms with E-state index in [1.165, 1.54) is 16.4 Å². The van der Waals surface area contributed by atoms with Gasteiger partial charge in [0.25, 0.3) is 0 Å². The number of para-hydroxylation sites is 1. The number of carbonyl (C=O) groups excluding carboxylic acids is 1. The molecular weight excluding hydrogens is 402 g/mol. The van der Waals surface area contributed by atoms with E-state index in [2.05, 4.69) is 10.3 Å². The highest BCUT2D eigenvalue weighted by Crippen LogP contribution is 2.23. The first-order valence-corrected chi connectivity index (χ1v) is 11.4. The van der Waals surface area contributed by atoms with Crippen LogP contribution in [0.5, 0.6) is 0 Å². The molecule has 2 aromatic carbocycles. The van der Waals surface area contributed by atoms with E-state index in [1.807, 2.05) is 44.3 Å². The Balaban J connectivity index is 1.43. The molecule has 1 amide bonds. The molecule has 30 heavy (non-hydrogen) atoms. The molecule has 1 aromatic heterocycles. The Kier molecular flexibility index (Phi) is 5.64. The molecule has 1 aliphatic heterocycles. The van der Waals surface area contributed by atoms with Gasteiger partial charge in [0, 0.05) is 35.9 Å². The van der Waals surface area contributed by atoms with Crippen molar-refractivity contribution < 1.29 is 17.9 Å². The molecule has 3 aromatic rings. The van der Waals surface area contributed by atoms with E-state index in [1.54, 1.807) is 12.1 Å². The summed E-state index contributed by atoms with van der Waals surface area (Å²) in [4.78, 5) is 15.8. The summed E-state index contributed by atoms with van der Waals surface area (Å²) < 4.78 is 32.9. The number of nitrogens with zero attached hydrogens (tertiary/aromatic N) is 1. The van der Waals surface area contributed by atoms with Gasteiger partial charge in [0.1, 0.15) is 0 Å². The van der Waals surface area contributed by atoms with Crippen molar-refractivity contribution in [1.29, 1.82) is 0 Å². The summed E-state index contributed by atoms with van der Waals surface area (Å²) in [5.74, 6) is -0.161. The number of aromatic nitrogens is 1. The number of H-pyrrole nitrogens is 1. The maximum absolute atomic E-state index is 12.9. The van der Waals surface area contributed by atoms with E-state index in [4.69, 9.17) is 4.74 Å². The van der Waals surface area contributed by atoms with Crippen LogP contribution in [0, 0.1) is 0 Å². The van der Waals surface area contributed by atoms with Gasteiger partial charge in [-0.1, -0.05) is 18.2 Å². The first-order chi connectivity index (χ1) is 14.3. The molecule has 4 rings (SSSR count). The number of amides is 1. The van der Waals surface area contributed by atoms with Crippen LogP contribution in [-0.2, 0) is 26.0 Å². The number of aromatic amines is 1. The number of hydrogen-bond donors (Lipinski definition) is 2. The minimum atomic E-state index is -3.60. The van der Waals surface area contributed by atoms with Gasteiger partial charge in [-0.3, -0.25) is 4.79 Å². The van der Waals surface area contributed by atoms with Crippen LogP contribution in [-0.4, -0.2) is 48.9 Å². The summed E-state index contributed by atoms with van der Waals surface area (Å²) in [6, 6.07) is 14.1. The number of anilines is 1. The summed E-state index contributed by atoms with van der Waals surface area (Å²) >= 11 is 0. The second-order valence-corrected chi connectivity index (χ2v) is 9.63. The van der Waals surface area contributed by atoms with Gasteiger partial charge in [-0.15, -0.1) is 0 Å². The lowest BCUT2D eigenvalue weighted by molar-refractivity contribution is -0.115. The van der Waals surface area contributed by atoms with Crippen LogP contribution in [0.2, 0.25) is 0 Å². The fraction of sp³-hybridized carbons (Fsp3) is 0.318. The largest absolute Gasteiger partial charge is 0.373 e. The van der Waals surface area contributed by atoms with Crippen molar-refractivity contribution in [3.05, 3.63) is 60.3 Å². The van der Waals surface area contributed by atoms with Gasteiger partial charge >= 0.3 is 0 Å². The number of carbonyl (C=O) groups is 1. The van der Waals surface area contributed by atoms with Gasteiger partial charge in [0.05, 0.1) is 23.5 Å². The van der Waals surface area contributed by atoms with Crippen molar-refractivity contribution in [2.45, 2.75) is 37.4 Å². The standard InChI is InChI=1S/C22H25N3O4S/c1-15-13-25(14-16(2)29-15)30(27,28)19-9-7-18(8-10-19)24-22(26)11-17-12-23-21-6-4-3-5-20(17)21/h3-10,12,15-16,23H,11,13-14H2,1-2H3,(H,24,26)/t15-,16-/m0/s1. The number of benzene rings is 2. The van der Waals surface area contributed by atoms with Crippen LogP contribution >= 0.6 is 0 Å². The molecule has 1 saturated heterocycles. The van der Waals surface area contributed by atoms with Crippen LogP contribution in [0.15, 0.2) is 59.6 Å². The van der Waals surface area contributed by atoms with Crippen molar-refractivity contribution in [3.8, 4) is 0 Å². The predicted molar refractivity (Wildman–Crippen MR) is 116 cm³/mol. The van der Waals surface area contributed by atoms with Crippen LogP contribution in [0.25, 0.3) is 10.9 Å². The average molecular weight is 428 g/mol. The molecular formula is C22H25N3O4S. The lowest BCUT2D eigenvalue weighted by Crippen LogP contribution is -2.48. The minimum Gasteiger partial charge on any atom is -0.373 e. The van der Waals surface area contributed by atoms with Crippen molar-refractivity contribution in [3.63, 3.8) is 0 Å². The van der Waals surface area contributed by atoms with Gasteiger partial charge in [0.2, 0.25) is 15.9 Å². The zero-order chi connectivity index (χ0) is 21.3. The molecule has 1 fully saturated rings. The Morgan fingerprint density at radius 1 is 1.10 bits per heavy atom. The molecule has 2 atom stereocenters. The Bertz CT molecular complexity index is 1140. The lowest BCUT2D eigenvalue weighted by Gasteiger charge is -2.34. The van der Waals surface area contributed by atoms with Crippen molar-refractivity contribution >= 4 is 32.5 Å². The second-order valence-electron chi connectivity index (χ2n) is 7.69. The molecule has 158 valence electrons. The molecule has 1 aliphatic rings. The first-order valence-electron chi connectivity index (χ1n) is 9.93. The molecule has 0 bridgehead atoms. The Hall–Kier alpha value is -2.68. The average Bonchev–Trinajstić information content (AvgIpc) is 3.10. The predicted octanol–water partition coefficient (Wildman–Crippen LogP) is 3.15. The van der Waals surface area contributed by atoms with Gasteiger partial charge in [-0.25, -0.2) is 8.42 Å². The third kappa shape index (κ3) is 4.26.